The van der Waals surface area contributed by atoms with Crippen LogP contribution in [-0.2, 0) is 5.54 Å². The summed E-state index contributed by atoms with van der Waals surface area (Å²) < 4.78 is 12.8. The van der Waals surface area contributed by atoms with Gasteiger partial charge in [-0.2, -0.15) is 0 Å². The molecule has 1 heterocycles. The lowest BCUT2D eigenvalue weighted by atomic mass is 10.00. The molecule has 0 aromatic carbocycles. The van der Waals surface area contributed by atoms with Gasteiger partial charge in [0.1, 0.15) is 5.82 Å². The summed E-state index contributed by atoms with van der Waals surface area (Å²) in [7, 11) is 0. The second kappa shape index (κ2) is 3.40. The molecule has 0 unspecified atom stereocenters. The number of rotatable bonds is 2. The number of nitrogens with two attached hydrogens (primary N) is 1. The predicted octanol–water partition coefficient (Wildman–Crippen LogP) is 0.695. The van der Waals surface area contributed by atoms with E-state index in [0.717, 1.165) is 0 Å². The average molecular weight is 184 g/mol. The van der Waals surface area contributed by atoms with Crippen molar-refractivity contribution in [2.45, 2.75) is 19.4 Å². The Hall–Kier alpha value is -1.00. The van der Waals surface area contributed by atoms with Crippen molar-refractivity contribution >= 4 is 0 Å². The van der Waals surface area contributed by atoms with E-state index in [1.165, 1.54) is 12.1 Å². The van der Waals surface area contributed by atoms with Gasteiger partial charge in [0.2, 0.25) is 0 Å². The van der Waals surface area contributed by atoms with Crippen LogP contribution in [0.4, 0.5) is 4.39 Å². The molecule has 3 nitrogen and oxygen atoms in total. The van der Waals surface area contributed by atoms with Crippen LogP contribution < -0.4 is 5.73 Å². The van der Waals surface area contributed by atoms with Crippen molar-refractivity contribution in [1.29, 1.82) is 0 Å². The van der Waals surface area contributed by atoms with E-state index in [2.05, 4.69) is 4.98 Å². The van der Waals surface area contributed by atoms with Gasteiger partial charge in [-0.15, -0.1) is 0 Å². The molecule has 0 spiro atoms. The van der Waals surface area contributed by atoms with Gasteiger partial charge >= 0.3 is 0 Å². The van der Waals surface area contributed by atoms with Crippen molar-refractivity contribution in [3.05, 3.63) is 29.3 Å². The number of hydrogen-bond acceptors (Lipinski definition) is 3. The van der Waals surface area contributed by atoms with E-state index in [-0.39, 0.29) is 12.4 Å². The zero-order valence-electron chi connectivity index (χ0n) is 7.71. The van der Waals surface area contributed by atoms with E-state index in [1.54, 1.807) is 13.8 Å². The van der Waals surface area contributed by atoms with Crippen LogP contribution in [0.3, 0.4) is 0 Å². The zero-order chi connectivity index (χ0) is 10.1. The van der Waals surface area contributed by atoms with E-state index in [1.807, 2.05) is 0 Å². The Morgan fingerprint density at radius 1 is 1.62 bits per heavy atom. The molecule has 0 saturated carbocycles. The number of aliphatic hydroxyl groups is 1. The first-order chi connectivity index (χ1) is 5.97. The van der Waals surface area contributed by atoms with Crippen molar-refractivity contribution < 1.29 is 9.50 Å². The third kappa shape index (κ3) is 2.02. The molecular weight excluding hydrogens is 171 g/mol. The molecule has 72 valence electrons. The maximum absolute atomic E-state index is 12.8. The number of aromatic nitrogens is 1. The molecule has 1 rings (SSSR count). The number of halogens is 1. The van der Waals surface area contributed by atoms with E-state index >= 15 is 0 Å². The van der Waals surface area contributed by atoms with Gasteiger partial charge in [-0.05, 0) is 26.0 Å². The van der Waals surface area contributed by atoms with Crippen LogP contribution in [0.5, 0.6) is 0 Å². The van der Waals surface area contributed by atoms with Crippen molar-refractivity contribution in [1.82, 2.24) is 4.98 Å². The Morgan fingerprint density at radius 2 is 2.23 bits per heavy atom. The summed E-state index contributed by atoms with van der Waals surface area (Å²) in [6.45, 7) is 2.99. The van der Waals surface area contributed by atoms with Crippen LogP contribution in [0.1, 0.15) is 18.3 Å². The molecule has 4 heteroatoms. The smallest absolute Gasteiger partial charge is 0.144 e. The Balaban J connectivity index is 3.10. The van der Waals surface area contributed by atoms with Crippen molar-refractivity contribution in [2.24, 2.45) is 5.73 Å². The fourth-order valence-corrected chi connectivity index (χ4v) is 0.943. The van der Waals surface area contributed by atoms with E-state index < -0.39 is 5.54 Å². The lowest BCUT2D eigenvalue weighted by Gasteiger charge is -2.21. The molecule has 1 aromatic heterocycles. The molecule has 1 atom stereocenters. The SMILES string of the molecule is Cc1nc([C@@](C)(N)CO)ccc1F. The lowest BCUT2D eigenvalue weighted by Crippen LogP contribution is -2.38. The molecular formula is C9H13FN2O. The highest BCUT2D eigenvalue weighted by molar-refractivity contribution is 5.18. The second-order valence-corrected chi connectivity index (χ2v) is 3.34. The van der Waals surface area contributed by atoms with Crippen molar-refractivity contribution in [3.63, 3.8) is 0 Å². The number of aryl methyl sites for hydroxylation is 1. The Morgan fingerprint density at radius 3 is 2.69 bits per heavy atom. The molecule has 13 heavy (non-hydrogen) atoms. The molecule has 0 bridgehead atoms. The Bertz CT molecular complexity index is 312. The first-order valence-corrected chi connectivity index (χ1v) is 4.01. The van der Waals surface area contributed by atoms with Crippen LogP contribution in [0.15, 0.2) is 12.1 Å². The molecule has 3 N–H and O–H groups in total. The van der Waals surface area contributed by atoms with Gasteiger partial charge in [0, 0.05) is 0 Å². The quantitative estimate of drug-likeness (QED) is 0.711. The lowest BCUT2D eigenvalue weighted by molar-refractivity contribution is 0.206. The molecule has 0 saturated heterocycles. The summed E-state index contributed by atoms with van der Waals surface area (Å²) in [6, 6.07) is 2.79. The number of nitrogens with zero attached hydrogens (tertiary/aromatic N) is 1. The Labute approximate surface area is 76.4 Å². The van der Waals surface area contributed by atoms with Gasteiger partial charge in [0.25, 0.3) is 0 Å². The summed E-state index contributed by atoms with van der Waals surface area (Å²) in [4.78, 5) is 3.96. The largest absolute Gasteiger partial charge is 0.394 e. The average Bonchev–Trinajstić information content (AvgIpc) is 2.09. The third-order valence-electron chi connectivity index (χ3n) is 1.93. The summed E-state index contributed by atoms with van der Waals surface area (Å²) in [5.74, 6) is -0.363. The minimum absolute atomic E-state index is 0.217. The monoisotopic (exact) mass is 184 g/mol. The molecule has 0 aliphatic rings. The minimum atomic E-state index is -0.904. The van der Waals surface area contributed by atoms with Gasteiger partial charge in [0.15, 0.2) is 0 Å². The topological polar surface area (TPSA) is 59.1 Å². The fourth-order valence-electron chi connectivity index (χ4n) is 0.943. The predicted molar refractivity (Wildman–Crippen MR) is 47.6 cm³/mol. The molecule has 0 radical (unpaired) electrons. The molecule has 1 aromatic rings. The van der Waals surface area contributed by atoms with Crippen LogP contribution in [0, 0.1) is 12.7 Å². The minimum Gasteiger partial charge on any atom is -0.394 e. The number of pyridine rings is 1. The van der Waals surface area contributed by atoms with Crippen molar-refractivity contribution in [2.75, 3.05) is 6.61 Å². The van der Waals surface area contributed by atoms with E-state index in [9.17, 15) is 4.39 Å². The van der Waals surface area contributed by atoms with Gasteiger partial charge in [-0.25, -0.2) is 4.39 Å². The van der Waals surface area contributed by atoms with Crippen LogP contribution in [0.2, 0.25) is 0 Å². The first kappa shape index (κ1) is 10.1. The molecule has 0 fully saturated rings. The van der Waals surface area contributed by atoms with Crippen LogP contribution in [0.25, 0.3) is 0 Å². The highest BCUT2D eigenvalue weighted by Gasteiger charge is 2.22. The molecule has 0 amide bonds. The van der Waals surface area contributed by atoms with Gasteiger partial charge in [-0.3, -0.25) is 4.98 Å². The standard InChI is InChI=1S/C9H13FN2O/c1-6-7(10)3-4-8(12-6)9(2,11)5-13/h3-4,13H,5,11H2,1-2H3/t9-/m0/s1. The van der Waals surface area contributed by atoms with Gasteiger partial charge in [-0.1, -0.05) is 0 Å². The van der Waals surface area contributed by atoms with Gasteiger partial charge in [0.05, 0.1) is 23.5 Å². The number of hydrogen-bond donors (Lipinski definition) is 2. The molecule has 0 aliphatic heterocycles. The normalized spacial score (nSPS) is 15.5. The van der Waals surface area contributed by atoms with Crippen molar-refractivity contribution in [3.8, 4) is 0 Å². The van der Waals surface area contributed by atoms with Crippen LogP contribution in [-0.4, -0.2) is 16.7 Å². The summed E-state index contributed by atoms with van der Waals surface area (Å²) in [6.07, 6.45) is 0. The van der Waals surface area contributed by atoms with E-state index in [0.29, 0.717) is 11.4 Å². The second-order valence-electron chi connectivity index (χ2n) is 3.34. The first-order valence-electron chi connectivity index (χ1n) is 4.01. The maximum Gasteiger partial charge on any atom is 0.144 e. The van der Waals surface area contributed by atoms with Gasteiger partial charge < -0.3 is 10.8 Å². The molecule has 0 aliphatic carbocycles. The highest BCUT2D eigenvalue weighted by atomic mass is 19.1. The third-order valence-corrected chi connectivity index (χ3v) is 1.93. The summed E-state index contributed by atoms with van der Waals surface area (Å²) >= 11 is 0. The van der Waals surface area contributed by atoms with Crippen LogP contribution >= 0.6 is 0 Å². The highest BCUT2D eigenvalue weighted by Crippen LogP contribution is 2.15. The maximum atomic E-state index is 12.8. The van der Waals surface area contributed by atoms with E-state index in [4.69, 9.17) is 10.8 Å². The number of aliphatic hydroxyl groups excluding tert-OH is 1. The zero-order valence-corrected chi connectivity index (χ0v) is 7.71. The summed E-state index contributed by atoms with van der Waals surface area (Å²) in [5, 5.41) is 8.95. The Kier molecular flexibility index (Phi) is 2.63. The summed E-state index contributed by atoms with van der Waals surface area (Å²) in [5.41, 5.74) is 5.61. The fraction of sp³-hybridized carbons (Fsp3) is 0.444.